The van der Waals surface area contributed by atoms with Gasteiger partial charge in [0.15, 0.2) is 5.76 Å². The first-order chi connectivity index (χ1) is 9.42. The van der Waals surface area contributed by atoms with E-state index in [1.54, 1.807) is 6.20 Å². The van der Waals surface area contributed by atoms with E-state index in [0.717, 1.165) is 37.9 Å². The monoisotopic (exact) mass is 263 g/mol. The smallest absolute Gasteiger partial charge is 0.150 e. The van der Waals surface area contributed by atoms with E-state index in [9.17, 15) is 0 Å². The zero-order chi connectivity index (χ0) is 12.9. The van der Waals surface area contributed by atoms with E-state index in [1.807, 2.05) is 6.07 Å². The molecule has 0 bridgehead atoms. The van der Waals surface area contributed by atoms with Crippen LogP contribution in [0, 0.1) is 5.92 Å². The molecule has 4 heteroatoms. The molecule has 2 fully saturated rings. The third-order valence-corrected chi connectivity index (χ3v) is 4.60. The van der Waals surface area contributed by atoms with E-state index in [1.165, 1.54) is 38.5 Å². The molecule has 2 aliphatic rings. The maximum atomic E-state index is 5.25. The number of nitrogens with zero attached hydrogens (tertiary/aromatic N) is 2. The quantitative estimate of drug-likeness (QED) is 0.909. The molecular weight excluding hydrogens is 238 g/mol. The minimum absolute atomic E-state index is 0.672. The van der Waals surface area contributed by atoms with Gasteiger partial charge in [0.1, 0.15) is 0 Å². The van der Waals surface area contributed by atoms with Gasteiger partial charge in [-0.2, -0.15) is 0 Å². The van der Waals surface area contributed by atoms with Crippen LogP contribution in [0.3, 0.4) is 0 Å². The van der Waals surface area contributed by atoms with E-state index in [-0.39, 0.29) is 0 Å². The van der Waals surface area contributed by atoms with Crippen molar-refractivity contribution in [3.63, 3.8) is 0 Å². The Hall–Kier alpha value is -0.870. The predicted octanol–water partition coefficient (Wildman–Crippen LogP) is 2.42. The van der Waals surface area contributed by atoms with Crippen molar-refractivity contribution < 1.29 is 4.52 Å². The van der Waals surface area contributed by atoms with Crippen LogP contribution in [0.4, 0.5) is 0 Å². The lowest BCUT2D eigenvalue weighted by atomic mass is 9.83. The Morgan fingerprint density at radius 1 is 1.26 bits per heavy atom. The van der Waals surface area contributed by atoms with Gasteiger partial charge in [0.2, 0.25) is 0 Å². The minimum atomic E-state index is 0.672. The Bertz CT molecular complexity index is 359. The number of rotatable bonds is 3. The predicted molar refractivity (Wildman–Crippen MR) is 74.8 cm³/mol. The Kier molecular flexibility index (Phi) is 4.51. The summed E-state index contributed by atoms with van der Waals surface area (Å²) in [5.74, 6) is 1.87. The van der Waals surface area contributed by atoms with Crippen molar-refractivity contribution in [2.24, 2.45) is 5.92 Å². The lowest BCUT2D eigenvalue weighted by Crippen LogP contribution is -2.43. The molecule has 1 aliphatic carbocycles. The van der Waals surface area contributed by atoms with Crippen LogP contribution in [0.15, 0.2) is 16.8 Å². The third-order valence-electron chi connectivity index (χ3n) is 4.60. The highest BCUT2D eigenvalue weighted by Gasteiger charge is 2.27. The standard InChI is InChI=1S/C15H25N3O/c1-2-5-13(6-3-1)15-12-18(10-4-8-16-15)11-14-7-9-17-19-14/h7,9,13,15-16H,1-6,8,10-12H2. The molecule has 1 N–H and O–H groups in total. The number of nitrogens with one attached hydrogen (secondary N) is 1. The molecule has 0 spiro atoms. The van der Waals surface area contributed by atoms with Crippen LogP contribution in [0.5, 0.6) is 0 Å². The summed E-state index contributed by atoms with van der Waals surface area (Å²) in [7, 11) is 0. The van der Waals surface area contributed by atoms with Gasteiger partial charge >= 0.3 is 0 Å². The van der Waals surface area contributed by atoms with Gasteiger partial charge in [-0.25, -0.2) is 0 Å². The lowest BCUT2D eigenvalue weighted by Gasteiger charge is -2.32. The number of aromatic nitrogens is 1. The fourth-order valence-corrected chi connectivity index (χ4v) is 3.56. The van der Waals surface area contributed by atoms with E-state index >= 15 is 0 Å². The fourth-order valence-electron chi connectivity index (χ4n) is 3.56. The van der Waals surface area contributed by atoms with E-state index < -0.39 is 0 Å². The lowest BCUT2D eigenvalue weighted by molar-refractivity contribution is 0.187. The molecule has 106 valence electrons. The maximum absolute atomic E-state index is 5.25. The molecule has 1 aliphatic heterocycles. The number of hydrogen-bond donors (Lipinski definition) is 1. The fraction of sp³-hybridized carbons (Fsp3) is 0.800. The topological polar surface area (TPSA) is 41.3 Å². The summed E-state index contributed by atoms with van der Waals surface area (Å²) in [6.07, 6.45) is 10.1. The van der Waals surface area contributed by atoms with Crippen LogP contribution in [-0.4, -0.2) is 35.7 Å². The molecule has 1 aromatic rings. The molecule has 1 aromatic heterocycles. The van der Waals surface area contributed by atoms with Crippen molar-refractivity contribution >= 4 is 0 Å². The van der Waals surface area contributed by atoms with E-state index in [0.29, 0.717) is 6.04 Å². The van der Waals surface area contributed by atoms with Crippen LogP contribution in [-0.2, 0) is 6.54 Å². The Balaban J connectivity index is 1.58. The summed E-state index contributed by atoms with van der Waals surface area (Å²) in [5.41, 5.74) is 0. The van der Waals surface area contributed by atoms with Crippen LogP contribution < -0.4 is 5.32 Å². The maximum Gasteiger partial charge on any atom is 0.150 e. The molecule has 0 radical (unpaired) electrons. The third kappa shape index (κ3) is 3.57. The van der Waals surface area contributed by atoms with Crippen molar-refractivity contribution in [1.29, 1.82) is 0 Å². The Morgan fingerprint density at radius 3 is 2.95 bits per heavy atom. The van der Waals surface area contributed by atoms with E-state index in [2.05, 4.69) is 15.4 Å². The largest absolute Gasteiger partial charge is 0.360 e. The van der Waals surface area contributed by atoms with Crippen LogP contribution in [0.25, 0.3) is 0 Å². The van der Waals surface area contributed by atoms with Gasteiger partial charge in [-0.1, -0.05) is 24.4 Å². The molecule has 1 saturated heterocycles. The first kappa shape index (κ1) is 13.1. The average Bonchev–Trinajstić information content (AvgIpc) is 2.84. The summed E-state index contributed by atoms with van der Waals surface area (Å²) in [6.45, 7) is 4.39. The molecule has 1 saturated carbocycles. The summed E-state index contributed by atoms with van der Waals surface area (Å²) >= 11 is 0. The Morgan fingerprint density at radius 2 is 2.16 bits per heavy atom. The van der Waals surface area contributed by atoms with Crippen LogP contribution >= 0.6 is 0 Å². The highest BCUT2D eigenvalue weighted by Crippen LogP contribution is 2.27. The molecule has 1 unspecified atom stereocenters. The van der Waals surface area contributed by atoms with E-state index in [4.69, 9.17) is 4.52 Å². The summed E-state index contributed by atoms with van der Waals surface area (Å²) in [6, 6.07) is 2.65. The minimum Gasteiger partial charge on any atom is -0.360 e. The molecule has 1 atom stereocenters. The second kappa shape index (κ2) is 6.53. The van der Waals surface area contributed by atoms with Crippen LogP contribution in [0.2, 0.25) is 0 Å². The molecule has 4 nitrogen and oxygen atoms in total. The zero-order valence-electron chi connectivity index (χ0n) is 11.7. The van der Waals surface area contributed by atoms with Gasteiger partial charge in [0.25, 0.3) is 0 Å². The number of hydrogen-bond acceptors (Lipinski definition) is 4. The van der Waals surface area contributed by atoms with Crippen molar-refractivity contribution in [1.82, 2.24) is 15.4 Å². The average molecular weight is 263 g/mol. The summed E-state index contributed by atoms with van der Waals surface area (Å²) in [5, 5.41) is 7.58. The van der Waals surface area contributed by atoms with Gasteiger partial charge in [-0.15, -0.1) is 0 Å². The first-order valence-corrected chi connectivity index (χ1v) is 7.77. The van der Waals surface area contributed by atoms with Crippen molar-refractivity contribution in [2.75, 3.05) is 19.6 Å². The van der Waals surface area contributed by atoms with Crippen molar-refractivity contribution in [3.05, 3.63) is 18.0 Å². The van der Waals surface area contributed by atoms with Crippen molar-refractivity contribution in [3.8, 4) is 0 Å². The molecule has 0 amide bonds. The molecule has 0 aromatic carbocycles. The molecule has 19 heavy (non-hydrogen) atoms. The van der Waals surface area contributed by atoms with Gasteiger partial charge < -0.3 is 9.84 Å². The highest BCUT2D eigenvalue weighted by atomic mass is 16.5. The van der Waals surface area contributed by atoms with Crippen LogP contribution in [0.1, 0.15) is 44.3 Å². The van der Waals surface area contributed by atoms with Gasteiger partial charge in [0.05, 0.1) is 12.7 Å². The SMILES string of the molecule is c1cc(CN2CCCNC(C3CCCCC3)C2)on1. The molecule has 2 heterocycles. The normalized spacial score (nSPS) is 27.3. The van der Waals surface area contributed by atoms with Crippen molar-refractivity contribution in [2.45, 2.75) is 51.1 Å². The molecular formula is C15H25N3O. The Labute approximate surface area is 115 Å². The van der Waals surface area contributed by atoms with Gasteiger partial charge in [0, 0.05) is 18.7 Å². The summed E-state index contributed by atoms with van der Waals surface area (Å²) < 4.78 is 5.25. The van der Waals surface area contributed by atoms with Gasteiger partial charge in [-0.05, 0) is 38.3 Å². The first-order valence-electron chi connectivity index (χ1n) is 7.77. The second-order valence-corrected chi connectivity index (χ2v) is 6.03. The van der Waals surface area contributed by atoms with Gasteiger partial charge in [-0.3, -0.25) is 4.90 Å². The second-order valence-electron chi connectivity index (χ2n) is 6.03. The molecule has 3 rings (SSSR count). The summed E-state index contributed by atoms with van der Waals surface area (Å²) in [4.78, 5) is 2.53. The zero-order valence-corrected chi connectivity index (χ0v) is 11.7. The highest BCUT2D eigenvalue weighted by molar-refractivity contribution is 4.94.